The average molecular weight is 344 g/mol. The second-order valence-electron chi connectivity index (χ2n) is 4.26. The summed E-state index contributed by atoms with van der Waals surface area (Å²) in [7, 11) is 0. The minimum atomic E-state index is 0.171. The number of alkyl halides is 1. The van der Waals surface area contributed by atoms with Crippen LogP contribution in [0.15, 0.2) is 42.5 Å². The number of hydrogen-bond acceptors (Lipinski definition) is 0. The van der Waals surface area contributed by atoms with Crippen molar-refractivity contribution in [2.45, 2.75) is 18.2 Å². The Morgan fingerprint density at radius 2 is 1.83 bits per heavy atom. The van der Waals surface area contributed by atoms with Gasteiger partial charge in [0.2, 0.25) is 0 Å². The first-order valence-electron chi connectivity index (χ1n) is 5.71. The maximum Gasteiger partial charge on any atom is 0.0450 e. The van der Waals surface area contributed by atoms with Gasteiger partial charge in [0.25, 0.3) is 0 Å². The molecular weight excluding hydrogens is 331 g/mol. The highest BCUT2D eigenvalue weighted by Crippen LogP contribution is 2.34. The molecule has 0 fully saturated rings. The lowest BCUT2D eigenvalue weighted by Gasteiger charge is -2.14. The zero-order valence-electron chi connectivity index (χ0n) is 9.96. The van der Waals surface area contributed by atoms with Crippen LogP contribution >= 0.6 is 39.1 Å². The Kier molecular flexibility index (Phi) is 4.71. The first kappa shape index (κ1) is 13.9. The first-order chi connectivity index (χ1) is 8.58. The van der Waals surface area contributed by atoms with E-state index in [9.17, 15) is 0 Å². The fourth-order valence-electron chi connectivity index (χ4n) is 1.90. The minimum Gasteiger partial charge on any atom is -0.0843 e. The van der Waals surface area contributed by atoms with E-state index in [1.807, 2.05) is 12.1 Å². The number of aryl methyl sites for hydroxylation is 1. The topological polar surface area (TPSA) is 0 Å². The fraction of sp³-hybridized carbons (Fsp3) is 0.200. The monoisotopic (exact) mass is 342 g/mol. The summed E-state index contributed by atoms with van der Waals surface area (Å²) in [4.78, 5) is 0.171. The van der Waals surface area contributed by atoms with Crippen molar-refractivity contribution >= 4 is 39.1 Å². The maximum atomic E-state index is 6.21. The van der Waals surface area contributed by atoms with Crippen LogP contribution in [-0.4, -0.2) is 0 Å². The van der Waals surface area contributed by atoms with Gasteiger partial charge in [-0.2, -0.15) is 0 Å². The van der Waals surface area contributed by atoms with Crippen LogP contribution in [0.3, 0.4) is 0 Å². The second kappa shape index (κ2) is 6.10. The van der Waals surface area contributed by atoms with Crippen molar-refractivity contribution in [1.82, 2.24) is 0 Å². The lowest BCUT2D eigenvalue weighted by Crippen LogP contribution is -1.98. The molecule has 0 aromatic heterocycles. The molecule has 0 saturated heterocycles. The van der Waals surface area contributed by atoms with Gasteiger partial charge in [-0.1, -0.05) is 63.4 Å². The molecule has 94 valence electrons. The Bertz CT molecular complexity index is 552. The van der Waals surface area contributed by atoms with Gasteiger partial charge in [-0.15, -0.1) is 0 Å². The molecule has 0 saturated carbocycles. The molecule has 0 aliphatic heterocycles. The van der Waals surface area contributed by atoms with Crippen LogP contribution in [0.25, 0.3) is 0 Å². The summed E-state index contributed by atoms with van der Waals surface area (Å²) in [6.45, 7) is 2.12. The maximum absolute atomic E-state index is 6.21. The third-order valence-corrected chi connectivity index (χ3v) is 4.35. The van der Waals surface area contributed by atoms with Gasteiger partial charge in [0.05, 0.1) is 0 Å². The minimum absolute atomic E-state index is 0.171. The van der Waals surface area contributed by atoms with Gasteiger partial charge < -0.3 is 0 Å². The molecule has 0 bridgehead atoms. The summed E-state index contributed by atoms with van der Waals surface area (Å²) in [5, 5.41) is 1.46. The summed E-state index contributed by atoms with van der Waals surface area (Å²) in [6.07, 6.45) is 0.896. The van der Waals surface area contributed by atoms with Crippen LogP contribution < -0.4 is 0 Å². The van der Waals surface area contributed by atoms with Crippen LogP contribution in [0, 0.1) is 6.92 Å². The molecule has 0 aliphatic rings. The summed E-state index contributed by atoms with van der Waals surface area (Å²) in [5.74, 6) is 0. The molecule has 0 spiro atoms. The third kappa shape index (κ3) is 3.28. The molecule has 3 heteroatoms. The SMILES string of the molecule is Cc1ccccc1CC(Br)c1cc(Cl)ccc1Cl. The van der Waals surface area contributed by atoms with E-state index < -0.39 is 0 Å². The van der Waals surface area contributed by atoms with Gasteiger partial charge in [0.15, 0.2) is 0 Å². The molecule has 2 aromatic rings. The van der Waals surface area contributed by atoms with Crippen LogP contribution in [0.1, 0.15) is 21.5 Å². The number of rotatable bonds is 3. The van der Waals surface area contributed by atoms with Crippen molar-refractivity contribution in [2.75, 3.05) is 0 Å². The largest absolute Gasteiger partial charge is 0.0843 e. The van der Waals surface area contributed by atoms with E-state index in [1.165, 1.54) is 11.1 Å². The van der Waals surface area contributed by atoms with Crippen LogP contribution in [0.4, 0.5) is 0 Å². The summed E-state index contributed by atoms with van der Waals surface area (Å²) in [6, 6.07) is 13.9. The van der Waals surface area contributed by atoms with Gasteiger partial charge in [0.1, 0.15) is 0 Å². The van der Waals surface area contributed by atoms with Gasteiger partial charge in [-0.25, -0.2) is 0 Å². The van der Waals surface area contributed by atoms with Crippen molar-refractivity contribution in [3.8, 4) is 0 Å². The van der Waals surface area contributed by atoms with E-state index in [0.29, 0.717) is 5.02 Å². The molecule has 1 atom stereocenters. The summed E-state index contributed by atoms with van der Waals surface area (Å²) >= 11 is 15.9. The third-order valence-electron chi connectivity index (χ3n) is 2.96. The Morgan fingerprint density at radius 1 is 1.11 bits per heavy atom. The van der Waals surface area contributed by atoms with E-state index in [4.69, 9.17) is 23.2 Å². The van der Waals surface area contributed by atoms with Crippen molar-refractivity contribution < 1.29 is 0 Å². The molecule has 0 nitrogen and oxygen atoms in total. The standard InChI is InChI=1S/C15H13BrCl2/c1-10-4-2-3-5-11(10)8-14(16)13-9-12(17)6-7-15(13)18/h2-7,9,14H,8H2,1H3. The highest BCUT2D eigenvalue weighted by Gasteiger charge is 2.13. The van der Waals surface area contributed by atoms with Gasteiger partial charge in [-0.3, -0.25) is 0 Å². The molecule has 1 unspecified atom stereocenters. The second-order valence-corrected chi connectivity index (χ2v) is 6.21. The van der Waals surface area contributed by atoms with Crippen molar-refractivity contribution in [2.24, 2.45) is 0 Å². The molecular formula is C15H13BrCl2. The fourth-order valence-corrected chi connectivity index (χ4v) is 3.19. The smallest absolute Gasteiger partial charge is 0.0450 e. The predicted molar refractivity (Wildman–Crippen MR) is 83.0 cm³/mol. The van der Waals surface area contributed by atoms with Gasteiger partial charge >= 0.3 is 0 Å². The Hall–Kier alpha value is -0.500. The molecule has 2 aromatic carbocycles. The Balaban J connectivity index is 2.25. The van der Waals surface area contributed by atoms with E-state index in [-0.39, 0.29) is 4.83 Å². The molecule has 0 heterocycles. The van der Waals surface area contributed by atoms with Crippen molar-refractivity contribution in [3.63, 3.8) is 0 Å². The zero-order chi connectivity index (χ0) is 13.1. The Morgan fingerprint density at radius 3 is 2.56 bits per heavy atom. The van der Waals surface area contributed by atoms with Crippen LogP contribution in [0.5, 0.6) is 0 Å². The quantitative estimate of drug-likeness (QED) is 0.601. The molecule has 0 aliphatic carbocycles. The van der Waals surface area contributed by atoms with Gasteiger partial charge in [0, 0.05) is 14.9 Å². The lowest BCUT2D eigenvalue weighted by atomic mass is 10.0. The molecule has 18 heavy (non-hydrogen) atoms. The molecule has 0 radical (unpaired) electrons. The number of halogens is 3. The van der Waals surface area contributed by atoms with Crippen molar-refractivity contribution in [3.05, 3.63) is 69.2 Å². The van der Waals surface area contributed by atoms with Gasteiger partial charge in [-0.05, 0) is 48.2 Å². The molecule has 2 rings (SSSR count). The van der Waals surface area contributed by atoms with E-state index in [2.05, 4.69) is 47.1 Å². The number of hydrogen-bond donors (Lipinski definition) is 0. The summed E-state index contributed by atoms with van der Waals surface area (Å²) < 4.78 is 0. The van der Waals surface area contributed by atoms with E-state index >= 15 is 0 Å². The first-order valence-corrected chi connectivity index (χ1v) is 7.38. The summed E-state index contributed by atoms with van der Waals surface area (Å²) in [5.41, 5.74) is 3.64. The average Bonchev–Trinajstić information content (AvgIpc) is 2.35. The van der Waals surface area contributed by atoms with E-state index in [0.717, 1.165) is 17.0 Å². The molecule has 0 amide bonds. The lowest BCUT2D eigenvalue weighted by molar-refractivity contribution is 0.939. The molecule has 0 N–H and O–H groups in total. The highest BCUT2D eigenvalue weighted by molar-refractivity contribution is 9.09. The number of benzene rings is 2. The van der Waals surface area contributed by atoms with Crippen molar-refractivity contribution in [1.29, 1.82) is 0 Å². The highest BCUT2D eigenvalue weighted by atomic mass is 79.9. The van der Waals surface area contributed by atoms with Crippen LogP contribution in [0.2, 0.25) is 10.0 Å². The zero-order valence-corrected chi connectivity index (χ0v) is 13.1. The van der Waals surface area contributed by atoms with Crippen LogP contribution in [-0.2, 0) is 6.42 Å². The normalized spacial score (nSPS) is 12.4. The predicted octanol–water partition coefficient (Wildman–Crippen LogP) is 5.98. The van der Waals surface area contributed by atoms with E-state index in [1.54, 1.807) is 6.07 Å². The Labute approximate surface area is 126 Å².